The number of carbonyl (C=O) groups is 1. The van der Waals surface area contributed by atoms with Gasteiger partial charge >= 0.3 is 5.97 Å². The van der Waals surface area contributed by atoms with Crippen molar-refractivity contribution < 1.29 is 9.90 Å². The fraction of sp³-hybridized carbons (Fsp3) is 0.533. The first kappa shape index (κ1) is 13.1. The number of nitrogens with zero attached hydrogens (tertiary/aromatic N) is 3. The molecule has 0 saturated heterocycles. The first-order chi connectivity index (χ1) is 10.2. The first-order valence-corrected chi connectivity index (χ1v) is 8.40. The Labute approximate surface area is 126 Å². The summed E-state index contributed by atoms with van der Waals surface area (Å²) in [7, 11) is 0. The Morgan fingerprint density at radius 3 is 2.71 bits per heavy atom. The molecule has 0 amide bonds. The molecule has 0 bridgehead atoms. The second-order valence-electron chi connectivity index (χ2n) is 5.96. The van der Waals surface area contributed by atoms with Crippen molar-refractivity contribution in [1.82, 2.24) is 14.5 Å². The second-order valence-corrected chi connectivity index (χ2v) is 6.90. The van der Waals surface area contributed by atoms with Crippen LogP contribution in [0.3, 0.4) is 0 Å². The molecule has 0 atom stereocenters. The van der Waals surface area contributed by atoms with Crippen molar-refractivity contribution in [2.45, 2.75) is 36.9 Å². The number of aliphatic carboxylic acids is 1. The van der Waals surface area contributed by atoms with Crippen molar-refractivity contribution in [1.29, 1.82) is 0 Å². The van der Waals surface area contributed by atoms with Crippen LogP contribution in [0.2, 0.25) is 0 Å². The minimum Gasteiger partial charge on any atom is -0.481 e. The number of carboxylic acids is 1. The lowest BCUT2D eigenvalue weighted by Crippen LogP contribution is -2.15. The third kappa shape index (κ3) is 2.52. The van der Waals surface area contributed by atoms with Gasteiger partial charge in [0.1, 0.15) is 5.52 Å². The highest BCUT2D eigenvalue weighted by Gasteiger charge is 2.44. The lowest BCUT2D eigenvalue weighted by atomic mass is 10.1. The molecule has 0 spiro atoms. The lowest BCUT2D eigenvalue weighted by Gasteiger charge is -2.20. The van der Waals surface area contributed by atoms with Gasteiger partial charge in [0.25, 0.3) is 0 Å². The Morgan fingerprint density at radius 2 is 2.10 bits per heavy atom. The summed E-state index contributed by atoms with van der Waals surface area (Å²) in [6, 6.07) is 4.30. The zero-order valence-corrected chi connectivity index (χ0v) is 12.4. The van der Waals surface area contributed by atoms with Gasteiger partial charge in [0.05, 0.1) is 5.75 Å². The Hall–Kier alpha value is -1.56. The summed E-state index contributed by atoms with van der Waals surface area (Å²) in [5.41, 5.74) is 1.78. The summed E-state index contributed by atoms with van der Waals surface area (Å²) in [6.07, 6.45) is 6.89. The van der Waals surface area contributed by atoms with Crippen molar-refractivity contribution >= 4 is 28.9 Å². The molecule has 0 unspecified atom stereocenters. The van der Waals surface area contributed by atoms with Gasteiger partial charge in [0.15, 0.2) is 10.8 Å². The molecule has 0 aromatic carbocycles. The summed E-state index contributed by atoms with van der Waals surface area (Å²) in [5, 5.41) is 9.76. The summed E-state index contributed by atoms with van der Waals surface area (Å²) < 4.78 is 2.23. The third-order valence-corrected chi connectivity index (χ3v) is 5.19. The molecule has 0 radical (unpaired) electrons. The van der Waals surface area contributed by atoms with Crippen LogP contribution < -0.4 is 0 Å². The number of thioether (sulfide) groups is 1. The molecule has 2 aliphatic rings. The molecule has 2 heterocycles. The number of hydrogen-bond acceptors (Lipinski definition) is 4. The fourth-order valence-corrected chi connectivity index (χ4v) is 3.85. The van der Waals surface area contributed by atoms with Crippen molar-refractivity contribution in [3.05, 3.63) is 18.3 Å². The van der Waals surface area contributed by atoms with E-state index in [9.17, 15) is 4.79 Å². The van der Waals surface area contributed by atoms with Gasteiger partial charge in [-0.25, -0.2) is 9.97 Å². The molecule has 2 saturated carbocycles. The van der Waals surface area contributed by atoms with Crippen LogP contribution in [-0.2, 0) is 4.79 Å². The molecule has 6 heteroatoms. The van der Waals surface area contributed by atoms with E-state index in [1.165, 1.54) is 37.4 Å². The summed E-state index contributed by atoms with van der Waals surface area (Å²) >= 11 is 1.31. The highest BCUT2D eigenvalue weighted by atomic mass is 32.2. The van der Waals surface area contributed by atoms with Crippen LogP contribution in [0, 0.1) is 11.8 Å². The van der Waals surface area contributed by atoms with Crippen LogP contribution in [0.15, 0.2) is 23.5 Å². The van der Waals surface area contributed by atoms with Crippen LogP contribution in [0.1, 0.15) is 31.7 Å². The van der Waals surface area contributed by atoms with E-state index < -0.39 is 5.97 Å². The third-order valence-electron chi connectivity index (χ3n) is 4.25. The molecule has 2 aromatic heterocycles. The van der Waals surface area contributed by atoms with E-state index >= 15 is 0 Å². The minimum atomic E-state index is -0.805. The van der Waals surface area contributed by atoms with Crippen LogP contribution in [-0.4, -0.2) is 31.4 Å². The number of carboxylic acid groups (broad SMARTS) is 1. The lowest BCUT2D eigenvalue weighted by molar-refractivity contribution is -0.133. The monoisotopic (exact) mass is 303 g/mol. The molecule has 21 heavy (non-hydrogen) atoms. The largest absolute Gasteiger partial charge is 0.481 e. The van der Waals surface area contributed by atoms with Crippen molar-refractivity contribution in [2.75, 3.05) is 5.75 Å². The average Bonchev–Trinajstić information content (AvgIpc) is 3.35. The average molecular weight is 303 g/mol. The van der Waals surface area contributed by atoms with Gasteiger partial charge in [0, 0.05) is 12.2 Å². The van der Waals surface area contributed by atoms with Crippen molar-refractivity contribution in [3.8, 4) is 0 Å². The highest BCUT2D eigenvalue weighted by molar-refractivity contribution is 7.99. The molecule has 4 rings (SSSR count). The Balaban J connectivity index is 1.79. The summed E-state index contributed by atoms with van der Waals surface area (Å²) in [6.45, 7) is 0. The maximum absolute atomic E-state index is 10.9. The minimum absolute atomic E-state index is 0.0470. The number of imidazole rings is 1. The van der Waals surface area contributed by atoms with Crippen LogP contribution in [0.5, 0.6) is 0 Å². The molecule has 5 nitrogen and oxygen atoms in total. The normalized spacial score (nSPS) is 18.5. The molecule has 2 aromatic rings. The van der Waals surface area contributed by atoms with E-state index in [1.54, 1.807) is 6.20 Å². The van der Waals surface area contributed by atoms with Gasteiger partial charge in [0.2, 0.25) is 0 Å². The zero-order chi connectivity index (χ0) is 14.4. The van der Waals surface area contributed by atoms with E-state index in [1.807, 2.05) is 12.1 Å². The Morgan fingerprint density at radius 1 is 1.38 bits per heavy atom. The number of rotatable bonds is 6. The van der Waals surface area contributed by atoms with E-state index in [-0.39, 0.29) is 5.75 Å². The van der Waals surface area contributed by atoms with Crippen LogP contribution in [0.25, 0.3) is 11.2 Å². The van der Waals surface area contributed by atoms with Crippen LogP contribution >= 0.6 is 11.8 Å². The molecule has 1 N–H and O–H groups in total. The topological polar surface area (TPSA) is 68.0 Å². The SMILES string of the molecule is O=C(O)CSc1nc2cccnc2n1C(C1CC1)C1CC1. The standard InChI is InChI=1S/C15H17N3O2S/c19-12(20)8-21-15-17-11-2-1-7-16-14(11)18(15)13(9-3-4-9)10-5-6-10/h1-2,7,9-10,13H,3-6,8H2,(H,19,20). The Kier molecular flexibility index (Phi) is 3.14. The zero-order valence-electron chi connectivity index (χ0n) is 11.6. The maximum Gasteiger partial charge on any atom is 0.313 e. The maximum atomic E-state index is 10.9. The molecular weight excluding hydrogens is 286 g/mol. The molecule has 110 valence electrons. The van der Waals surface area contributed by atoms with E-state index in [0.29, 0.717) is 6.04 Å². The van der Waals surface area contributed by atoms with Gasteiger partial charge in [-0.05, 0) is 49.7 Å². The van der Waals surface area contributed by atoms with Crippen LogP contribution in [0.4, 0.5) is 0 Å². The number of fused-ring (bicyclic) bond motifs is 1. The molecular formula is C15H17N3O2S. The molecule has 2 aliphatic carbocycles. The van der Waals surface area contributed by atoms with Crippen molar-refractivity contribution in [2.24, 2.45) is 11.8 Å². The summed E-state index contributed by atoms with van der Waals surface area (Å²) in [4.78, 5) is 20.0. The molecule has 0 aliphatic heterocycles. The van der Waals surface area contributed by atoms with Gasteiger partial charge in [-0.2, -0.15) is 0 Å². The van der Waals surface area contributed by atoms with E-state index in [0.717, 1.165) is 28.2 Å². The van der Waals surface area contributed by atoms with Gasteiger partial charge in [-0.15, -0.1) is 0 Å². The van der Waals surface area contributed by atoms with E-state index in [4.69, 9.17) is 5.11 Å². The quantitative estimate of drug-likeness (QED) is 0.831. The molecule has 2 fully saturated rings. The van der Waals surface area contributed by atoms with Gasteiger partial charge in [-0.3, -0.25) is 9.36 Å². The predicted octanol–water partition coefficient (Wildman–Crippen LogP) is 2.97. The first-order valence-electron chi connectivity index (χ1n) is 7.41. The highest BCUT2D eigenvalue weighted by Crippen LogP contribution is 2.53. The van der Waals surface area contributed by atoms with Crippen molar-refractivity contribution in [3.63, 3.8) is 0 Å². The van der Waals surface area contributed by atoms with E-state index in [2.05, 4.69) is 14.5 Å². The smallest absolute Gasteiger partial charge is 0.313 e. The Bertz CT molecular complexity index is 679. The van der Waals surface area contributed by atoms with Gasteiger partial charge in [-0.1, -0.05) is 11.8 Å². The number of hydrogen-bond donors (Lipinski definition) is 1. The second kappa shape index (κ2) is 5.02. The number of pyridine rings is 1. The van der Waals surface area contributed by atoms with Gasteiger partial charge < -0.3 is 5.11 Å². The fourth-order valence-electron chi connectivity index (χ4n) is 3.09. The predicted molar refractivity (Wildman–Crippen MR) is 80.4 cm³/mol. The summed E-state index contributed by atoms with van der Waals surface area (Å²) in [5.74, 6) is 0.689. The number of aromatic nitrogens is 3.